The number of hydrogen-bond donors (Lipinski definition) is 1. The van der Waals surface area contributed by atoms with Gasteiger partial charge < -0.3 is 15.2 Å². The van der Waals surface area contributed by atoms with Crippen LogP contribution in [0.5, 0.6) is 11.5 Å². The van der Waals surface area contributed by atoms with Gasteiger partial charge in [-0.1, -0.05) is 18.9 Å². The van der Waals surface area contributed by atoms with Crippen LogP contribution in [0.4, 0.5) is 0 Å². The lowest BCUT2D eigenvalue weighted by Gasteiger charge is -2.20. The third-order valence-corrected chi connectivity index (χ3v) is 3.91. The van der Waals surface area contributed by atoms with Gasteiger partial charge in [-0.3, -0.25) is 0 Å². The summed E-state index contributed by atoms with van der Waals surface area (Å²) in [5, 5.41) is 0. The van der Waals surface area contributed by atoms with Gasteiger partial charge in [-0.05, 0) is 50.7 Å². The lowest BCUT2D eigenvalue weighted by atomic mass is 10.1. The minimum Gasteiger partial charge on any atom is -0.497 e. The lowest BCUT2D eigenvalue weighted by Crippen LogP contribution is -2.20. The van der Waals surface area contributed by atoms with Crippen LogP contribution >= 0.6 is 0 Å². The van der Waals surface area contributed by atoms with Crippen molar-refractivity contribution < 1.29 is 9.47 Å². The Balaban J connectivity index is 2.13. The van der Waals surface area contributed by atoms with Crippen molar-refractivity contribution in [2.45, 2.75) is 64.0 Å². The van der Waals surface area contributed by atoms with Gasteiger partial charge in [-0.15, -0.1) is 0 Å². The van der Waals surface area contributed by atoms with E-state index in [1.807, 2.05) is 19.1 Å². The molecule has 0 bridgehead atoms. The molecule has 20 heavy (non-hydrogen) atoms. The minimum absolute atomic E-state index is 0.139. The van der Waals surface area contributed by atoms with Crippen LogP contribution in [0.1, 0.15) is 51.0 Å². The van der Waals surface area contributed by atoms with E-state index in [2.05, 4.69) is 6.07 Å². The number of benzene rings is 1. The minimum atomic E-state index is 0.139. The smallest absolute Gasteiger partial charge is 0.126 e. The van der Waals surface area contributed by atoms with Gasteiger partial charge in [-0.25, -0.2) is 0 Å². The van der Waals surface area contributed by atoms with Crippen molar-refractivity contribution in [3.8, 4) is 11.5 Å². The average molecular weight is 277 g/mol. The molecule has 1 aromatic rings. The zero-order valence-corrected chi connectivity index (χ0v) is 12.7. The van der Waals surface area contributed by atoms with E-state index in [9.17, 15) is 0 Å². The highest BCUT2D eigenvalue weighted by molar-refractivity contribution is 5.41. The largest absolute Gasteiger partial charge is 0.497 e. The van der Waals surface area contributed by atoms with E-state index < -0.39 is 0 Å². The fourth-order valence-corrected chi connectivity index (χ4v) is 2.83. The van der Waals surface area contributed by atoms with Crippen molar-refractivity contribution in [2.24, 2.45) is 5.73 Å². The topological polar surface area (TPSA) is 44.5 Å². The molecule has 0 aromatic heterocycles. The Labute approximate surface area is 122 Å². The molecule has 0 saturated heterocycles. The molecule has 0 amide bonds. The molecule has 1 unspecified atom stereocenters. The Morgan fingerprint density at radius 3 is 2.50 bits per heavy atom. The van der Waals surface area contributed by atoms with E-state index in [0.717, 1.165) is 30.8 Å². The summed E-state index contributed by atoms with van der Waals surface area (Å²) in [6.07, 6.45) is 8.73. The standard InChI is InChI=1S/C17H27NO2/c1-13(18)11-14-9-10-16(19-2)12-17(14)20-15-7-5-3-4-6-8-15/h9-10,12-13,15H,3-8,11,18H2,1-2H3. The normalized spacial score (nSPS) is 18.4. The molecule has 1 aliphatic rings. The van der Waals surface area contributed by atoms with Crippen LogP contribution in [0.3, 0.4) is 0 Å². The maximum absolute atomic E-state index is 6.27. The van der Waals surface area contributed by atoms with Crippen LogP contribution in [-0.4, -0.2) is 19.3 Å². The van der Waals surface area contributed by atoms with Gasteiger partial charge >= 0.3 is 0 Å². The van der Waals surface area contributed by atoms with E-state index in [0.29, 0.717) is 6.10 Å². The first-order chi connectivity index (χ1) is 9.69. The third-order valence-electron chi connectivity index (χ3n) is 3.91. The van der Waals surface area contributed by atoms with Crippen molar-refractivity contribution in [1.29, 1.82) is 0 Å². The Morgan fingerprint density at radius 2 is 1.90 bits per heavy atom. The van der Waals surface area contributed by atoms with Gasteiger partial charge in [0, 0.05) is 12.1 Å². The van der Waals surface area contributed by atoms with Crippen LogP contribution in [0.25, 0.3) is 0 Å². The first-order valence-corrected chi connectivity index (χ1v) is 7.78. The van der Waals surface area contributed by atoms with E-state index in [-0.39, 0.29) is 6.04 Å². The van der Waals surface area contributed by atoms with Gasteiger partial charge in [-0.2, -0.15) is 0 Å². The lowest BCUT2D eigenvalue weighted by molar-refractivity contribution is 0.181. The highest BCUT2D eigenvalue weighted by Crippen LogP contribution is 2.29. The summed E-state index contributed by atoms with van der Waals surface area (Å²) < 4.78 is 11.6. The van der Waals surface area contributed by atoms with Crippen molar-refractivity contribution in [3.63, 3.8) is 0 Å². The molecular weight excluding hydrogens is 250 g/mol. The van der Waals surface area contributed by atoms with Crippen molar-refractivity contribution >= 4 is 0 Å². The van der Waals surface area contributed by atoms with Crippen molar-refractivity contribution in [2.75, 3.05) is 7.11 Å². The van der Waals surface area contributed by atoms with Gasteiger partial charge in [0.25, 0.3) is 0 Å². The molecule has 1 fully saturated rings. The number of nitrogens with two attached hydrogens (primary N) is 1. The van der Waals surface area contributed by atoms with Crippen LogP contribution in [0.2, 0.25) is 0 Å². The predicted molar refractivity (Wildman–Crippen MR) is 82.5 cm³/mol. The highest BCUT2D eigenvalue weighted by atomic mass is 16.5. The van der Waals surface area contributed by atoms with Crippen molar-refractivity contribution in [3.05, 3.63) is 23.8 Å². The van der Waals surface area contributed by atoms with Crippen molar-refractivity contribution in [1.82, 2.24) is 0 Å². The zero-order chi connectivity index (χ0) is 14.4. The summed E-state index contributed by atoms with van der Waals surface area (Å²) in [4.78, 5) is 0. The summed E-state index contributed by atoms with van der Waals surface area (Å²) in [7, 11) is 1.69. The number of methoxy groups -OCH3 is 1. The first kappa shape index (κ1) is 15.2. The Morgan fingerprint density at radius 1 is 1.20 bits per heavy atom. The molecule has 1 atom stereocenters. The number of hydrogen-bond acceptors (Lipinski definition) is 3. The molecule has 3 heteroatoms. The van der Waals surface area contributed by atoms with E-state index in [1.165, 1.54) is 31.2 Å². The molecule has 1 saturated carbocycles. The quantitative estimate of drug-likeness (QED) is 0.835. The van der Waals surface area contributed by atoms with Gasteiger partial charge in [0.1, 0.15) is 11.5 Å². The molecule has 0 radical (unpaired) electrons. The average Bonchev–Trinajstić information content (AvgIpc) is 2.69. The molecule has 2 rings (SSSR count). The van der Waals surface area contributed by atoms with E-state index in [4.69, 9.17) is 15.2 Å². The van der Waals surface area contributed by atoms with Gasteiger partial charge in [0.2, 0.25) is 0 Å². The summed E-state index contributed by atoms with van der Waals surface area (Å²) in [5.41, 5.74) is 7.12. The summed E-state index contributed by atoms with van der Waals surface area (Å²) in [6.45, 7) is 2.03. The number of rotatable bonds is 5. The highest BCUT2D eigenvalue weighted by Gasteiger charge is 2.16. The summed E-state index contributed by atoms with van der Waals surface area (Å²) >= 11 is 0. The molecule has 0 spiro atoms. The van der Waals surface area contributed by atoms with Crippen LogP contribution in [0.15, 0.2) is 18.2 Å². The first-order valence-electron chi connectivity index (χ1n) is 7.78. The zero-order valence-electron chi connectivity index (χ0n) is 12.7. The van der Waals surface area contributed by atoms with Crippen LogP contribution < -0.4 is 15.2 Å². The maximum atomic E-state index is 6.27. The van der Waals surface area contributed by atoms with Gasteiger partial charge in [0.15, 0.2) is 0 Å². The van der Waals surface area contributed by atoms with E-state index >= 15 is 0 Å². The van der Waals surface area contributed by atoms with Crippen LogP contribution in [-0.2, 0) is 6.42 Å². The van der Waals surface area contributed by atoms with Gasteiger partial charge in [0.05, 0.1) is 13.2 Å². The Kier molecular flexibility index (Phi) is 5.72. The molecule has 2 N–H and O–H groups in total. The fourth-order valence-electron chi connectivity index (χ4n) is 2.83. The molecule has 0 aliphatic heterocycles. The second kappa shape index (κ2) is 7.53. The van der Waals surface area contributed by atoms with Crippen LogP contribution in [0, 0.1) is 0 Å². The van der Waals surface area contributed by atoms with E-state index in [1.54, 1.807) is 7.11 Å². The maximum Gasteiger partial charge on any atom is 0.126 e. The summed E-state index contributed by atoms with van der Waals surface area (Å²) in [6, 6.07) is 6.20. The Bertz CT molecular complexity index is 409. The fraction of sp³-hybridized carbons (Fsp3) is 0.647. The predicted octanol–water partition coefficient (Wildman–Crippen LogP) is 3.69. The number of ether oxygens (including phenoxy) is 2. The third kappa shape index (κ3) is 4.41. The molecule has 1 aromatic carbocycles. The molecule has 112 valence electrons. The second-order valence-corrected chi connectivity index (χ2v) is 5.89. The molecule has 0 heterocycles. The second-order valence-electron chi connectivity index (χ2n) is 5.89. The molecule has 3 nitrogen and oxygen atoms in total. The summed E-state index contributed by atoms with van der Waals surface area (Å²) in [5.74, 6) is 1.80. The molecule has 1 aliphatic carbocycles. The monoisotopic (exact) mass is 277 g/mol. The SMILES string of the molecule is COc1ccc(CC(C)N)c(OC2CCCCCC2)c1. The Hall–Kier alpha value is -1.22. The molecular formula is C17H27NO2.